The second-order valence-electron chi connectivity index (χ2n) is 6.08. The molecule has 0 aromatic carbocycles. The van der Waals surface area contributed by atoms with Crippen molar-refractivity contribution < 1.29 is 9.53 Å². The molecule has 136 valence electrons. The molecule has 1 saturated heterocycles. The Labute approximate surface area is 142 Å². The van der Waals surface area contributed by atoms with E-state index in [4.69, 9.17) is 4.74 Å². The second kappa shape index (κ2) is 8.86. The van der Waals surface area contributed by atoms with Gasteiger partial charge in [-0.15, -0.1) is 0 Å². The minimum Gasteiger partial charge on any atom is -0.382 e. The van der Waals surface area contributed by atoms with Crippen molar-refractivity contribution in [3.05, 3.63) is 16.3 Å². The van der Waals surface area contributed by atoms with Gasteiger partial charge in [-0.3, -0.25) is 4.57 Å². The summed E-state index contributed by atoms with van der Waals surface area (Å²) in [4.78, 5) is 26.2. The zero-order valence-corrected chi connectivity index (χ0v) is 15.0. The molecule has 2 amide bonds. The van der Waals surface area contributed by atoms with Crippen molar-refractivity contribution in [1.29, 1.82) is 0 Å². The normalized spacial score (nSPS) is 18.0. The molecule has 1 aliphatic rings. The van der Waals surface area contributed by atoms with Gasteiger partial charge in [0.2, 0.25) is 0 Å². The zero-order chi connectivity index (χ0) is 17.5. The van der Waals surface area contributed by atoms with E-state index in [2.05, 4.69) is 10.4 Å². The standard InChI is InChI=1S/C16H29N5O3/c1-4-21-14(18-19(3)16(21)23)13-8-6-10-20(12-13)15(22)17-9-7-11-24-5-2/h13H,4-12H2,1-3H3,(H,17,22). The molecule has 1 atom stereocenters. The smallest absolute Gasteiger partial charge is 0.345 e. The van der Waals surface area contributed by atoms with E-state index in [1.807, 2.05) is 18.7 Å². The number of ether oxygens (including phenoxy) is 1. The van der Waals surface area contributed by atoms with Gasteiger partial charge in [0.05, 0.1) is 0 Å². The molecule has 1 aromatic rings. The van der Waals surface area contributed by atoms with Crippen LogP contribution in [0, 0.1) is 0 Å². The van der Waals surface area contributed by atoms with Crippen LogP contribution in [-0.4, -0.2) is 58.1 Å². The van der Waals surface area contributed by atoms with Gasteiger partial charge in [-0.05, 0) is 33.1 Å². The number of aromatic nitrogens is 3. The number of hydrogen-bond donors (Lipinski definition) is 1. The average molecular weight is 339 g/mol. The van der Waals surface area contributed by atoms with E-state index in [1.165, 1.54) is 4.68 Å². The molecule has 2 heterocycles. The highest BCUT2D eigenvalue weighted by Gasteiger charge is 2.28. The molecule has 0 bridgehead atoms. The summed E-state index contributed by atoms with van der Waals surface area (Å²) in [6, 6.07) is -0.0440. The molecule has 0 radical (unpaired) electrons. The first-order valence-electron chi connectivity index (χ1n) is 8.82. The van der Waals surface area contributed by atoms with Crippen LogP contribution in [0.3, 0.4) is 0 Å². The van der Waals surface area contributed by atoms with Gasteiger partial charge in [0.1, 0.15) is 5.82 Å². The second-order valence-corrected chi connectivity index (χ2v) is 6.08. The number of hydrogen-bond acceptors (Lipinski definition) is 4. The van der Waals surface area contributed by atoms with Crippen LogP contribution in [0.15, 0.2) is 4.79 Å². The first kappa shape index (κ1) is 18.5. The number of carbonyl (C=O) groups is 1. The van der Waals surface area contributed by atoms with Gasteiger partial charge in [-0.1, -0.05) is 0 Å². The van der Waals surface area contributed by atoms with Crippen LogP contribution >= 0.6 is 0 Å². The van der Waals surface area contributed by atoms with Gasteiger partial charge in [0, 0.05) is 52.4 Å². The quantitative estimate of drug-likeness (QED) is 0.749. The molecular weight excluding hydrogens is 310 g/mol. The Bertz CT molecular complexity index is 595. The minimum atomic E-state index is -0.0926. The third-order valence-electron chi connectivity index (χ3n) is 4.37. The van der Waals surface area contributed by atoms with Gasteiger partial charge in [0.25, 0.3) is 0 Å². The fraction of sp³-hybridized carbons (Fsp3) is 0.812. The number of nitrogens with zero attached hydrogens (tertiary/aromatic N) is 4. The van der Waals surface area contributed by atoms with Crippen molar-refractivity contribution in [2.75, 3.05) is 32.8 Å². The van der Waals surface area contributed by atoms with Crippen LogP contribution in [0.2, 0.25) is 0 Å². The monoisotopic (exact) mass is 339 g/mol. The van der Waals surface area contributed by atoms with Crippen molar-refractivity contribution >= 4 is 6.03 Å². The fourth-order valence-electron chi connectivity index (χ4n) is 3.12. The van der Waals surface area contributed by atoms with Gasteiger partial charge >= 0.3 is 11.7 Å². The summed E-state index contributed by atoms with van der Waals surface area (Å²) in [6.45, 7) is 7.83. The Morgan fingerprint density at radius 3 is 2.92 bits per heavy atom. The van der Waals surface area contributed by atoms with Gasteiger partial charge in [-0.25, -0.2) is 14.3 Å². The SMILES string of the molecule is CCOCCCNC(=O)N1CCCC(c2nn(C)c(=O)n2CC)C1. The Morgan fingerprint density at radius 1 is 1.42 bits per heavy atom. The largest absolute Gasteiger partial charge is 0.382 e. The summed E-state index contributed by atoms with van der Waals surface area (Å²) in [5.74, 6) is 0.903. The molecule has 24 heavy (non-hydrogen) atoms. The summed E-state index contributed by atoms with van der Waals surface area (Å²) >= 11 is 0. The van der Waals surface area contributed by atoms with Crippen molar-refractivity contribution in [1.82, 2.24) is 24.6 Å². The van der Waals surface area contributed by atoms with Crippen LogP contribution in [0.1, 0.15) is 44.9 Å². The lowest BCUT2D eigenvalue weighted by Gasteiger charge is -2.32. The number of nitrogens with one attached hydrogen (secondary N) is 1. The average Bonchev–Trinajstić information content (AvgIpc) is 2.89. The molecule has 1 fully saturated rings. The lowest BCUT2D eigenvalue weighted by Crippen LogP contribution is -2.45. The zero-order valence-electron chi connectivity index (χ0n) is 15.0. The highest BCUT2D eigenvalue weighted by molar-refractivity contribution is 5.74. The van der Waals surface area contributed by atoms with Crippen LogP contribution in [0.4, 0.5) is 4.79 Å². The molecule has 0 spiro atoms. The molecule has 1 aliphatic heterocycles. The van der Waals surface area contributed by atoms with Crippen LogP contribution in [0.5, 0.6) is 0 Å². The number of piperidine rings is 1. The third-order valence-corrected chi connectivity index (χ3v) is 4.37. The lowest BCUT2D eigenvalue weighted by molar-refractivity contribution is 0.143. The van der Waals surface area contributed by atoms with Crippen molar-refractivity contribution in [2.24, 2.45) is 7.05 Å². The Kier molecular flexibility index (Phi) is 6.84. The maximum atomic E-state index is 12.3. The van der Waals surface area contributed by atoms with Crippen molar-refractivity contribution in [2.45, 2.75) is 45.6 Å². The number of rotatable bonds is 7. The van der Waals surface area contributed by atoms with Gasteiger partial charge in [0.15, 0.2) is 0 Å². The maximum Gasteiger partial charge on any atom is 0.345 e. The Balaban J connectivity index is 1.93. The summed E-state index contributed by atoms with van der Waals surface area (Å²) < 4.78 is 8.35. The van der Waals surface area contributed by atoms with E-state index >= 15 is 0 Å². The van der Waals surface area contributed by atoms with Crippen molar-refractivity contribution in [3.8, 4) is 0 Å². The summed E-state index contributed by atoms with van der Waals surface area (Å²) in [5.41, 5.74) is -0.0926. The molecule has 1 N–H and O–H groups in total. The molecule has 8 nitrogen and oxygen atoms in total. The van der Waals surface area contributed by atoms with Gasteiger partial charge < -0.3 is 15.0 Å². The van der Waals surface area contributed by atoms with Gasteiger partial charge in [-0.2, -0.15) is 5.10 Å². The van der Waals surface area contributed by atoms with Crippen LogP contribution in [-0.2, 0) is 18.3 Å². The van der Waals surface area contributed by atoms with E-state index in [0.29, 0.717) is 32.8 Å². The topological polar surface area (TPSA) is 81.4 Å². The number of likely N-dealkylation sites (tertiary alicyclic amines) is 1. The van der Waals surface area contributed by atoms with Crippen LogP contribution < -0.4 is 11.0 Å². The first-order valence-corrected chi connectivity index (χ1v) is 8.82. The van der Waals surface area contributed by atoms with E-state index < -0.39 is 0 Å². The molecule has 0 saturated carbocycles. The number of urea groups is 1. The fourth-order valence-corrected chi connectivity index (χ4v) is 3.12. The first-order chi connectivity index (χ1) is 11.6. The summed E-state index contributed by atoms with van der Waals surface area (Å²) in [5, 5.41) is 7.33. The number of aryl methyl sites for hydroxylation is 1. The highest BCUT2D eigenvalue weighted by atomic mass is 16.5. The molecular formula is C16H29N5O3. The molecule has 8 heteroatoms. The highest BCUT2D eigenvalue weighted by Crippen LogP contribution is 2.25. The molecule has 1 unspecified atom stereocenters. The maximum absolute atomic E-state index is 12.3. The number of carbonyl (C=O) groups excluding carboxylic acids is 1. The molecule has 0 aliphatic carbocycles. The minimum absolute atomic E-state index is 0.0440. The Hall–Kier alpha value is -1.83. The van der Waals surface area contributed by atoms with E-state index in [-0.39, 0.29) is 17.6 Å². The molecule has 1 aromatic heterocycles. The summed E-state index contributed by atoms with van der Waals surface area (Å²) in [6.07, 6.45) is 2.68. The van der Waals surface area contributed by atoms with E-state index in [9.17, 15) is 9.59 Å². The van der Waals surface area contributed by atoms with E-state index in [0.717, 1.165) is 31.6 Å². The molecule has 2 rings (SSSR count). The number of amides is 2. The third kappa shape index (κ3) is 4.37. The van der Waals surface area contributed by atoms with Crippen molar-refractivity contribution in [3.63, 3.8) is 0 Å². The lowest BCUT2D eigenvalue weighted by atomic mass is 9.97. The van der Waals surface area contributed by atoms with E-state index in [1.54, 1.807) is 11.6 Å². The predicted octanol–water partition coefficient (Wildman–Crippen LogP) is 0.917. The Morgan fingerprint density at radius 2 is 2.21 bits per heavy atom. The van der Waals surface area contributed by atoms with Crippen LogP contribution in [0.25, 0.3) is 0 Å². The predicted molar refractivity (Wildman–Crippen MR) is 91.2 cm³/mol. The summed E-state index contributed by atoms with van der Waals surface area (Å²) in [7, 11) is 1.67.